The molecule has 2 atom stereocenters. The normalized spacial score (nSPS) is 20.4. The Morgan fingerprint density at radius 2 is 1.89 bits per heavy atom. The first-order chi connectivity index (χ1) is 12.7. The highest BCUT2D eigenvalue weighted by molar-refractivity contribution is 5.81. The summed E-state index contributed by atoms with van der Waals surface area (Å²) in [6.45, 7) is 7.69. The molecule has 1 aliphatic rings. The maximum Gasteiger partial charge on any atom is 0.411 e. The van der Waals surface area contributed by atoms with Crippen molar-refractivity contribution in [3.05, 3.63) is 35.9 Å². The van der Waals surface area contributed by atoms with Gasteiger partial charge in [-0.2, -0.15) is 0 Å². The van der Waals surface area contributed by atoms with Crippen molar-refractivity contribution >= 4 is 12.1 Å². The molecule has 1 aliphatic heterocycles. The van der Waals surface area contributed by atoms with Crippen LogP contribution in [0.25, 0.3) is 0 Å². The Hall–Kier alpha value is -2.08. The van der Waals surface area contributed by atoms with E-state index in [0.717, 1.165) is 19.5 Å². The number of benzene rings is 1. The van der Waals surface area contributed by atoms with Gasteiger partial charge in [-0.05, 0) is 52.1 Å². The average molecular weight is 376 g/mol. The SMILES string of the molecule is COC(=O)C1C[C@H](CN(C)Cc2ccccc2)CCN1C(=O)OC(C)(C)C. The number of hydrogen-bond donors (Lipinski definition) is 0. The van der Waals surface area contributed by atoms with Gasteiger partial charge in [-0.1, -0.05) is 30.3 Å². The topological polar surface area (TPSA) is 59.1 Å². The van der Waals surface area contributed by atoms with E-state index in [2.05, 4.69) is 24.1 Å². The average Bonchev–Trinajstić information content (AvgIpc) is 2.60. The van der Waals surface area contributed by atoms with E-state index in [4.69, 9.17) is 9.47 Å². The predicted molar refractivity (Wildman–Crippen MR) is 104 cm³/mol. The number of carbonyl (C=O) groups excluding carboxylic acids is 2. The standard InChI is InChI=1S/C21H32N2O4/c1-21(2,3)27-20(25)23-12-11-17(13-18(23)19(24)26-5)15-22(4)14-16-9-7-6-8-10-16/h6-10,17-18H,11-15H2,1-5H3/t17-,18?/m1/s1. The van der Waals surface area contributed by atoms with Crippen LogP contribution in [0.15, 0.2) is 30.3 Å². The summed E-state index contributed by atoms with van der Waals surface area (Å²) in [5.74, 6) is -0.0576. The zero-order valence-electron chi connectivity index (χ0n) is 17.1. The second kappa shape index (κ2) is 9.22. The van der Waals surface area contributed by atoms with Crippen LogP contribution >= 0.6 is 0 Å². The second-order valence-electron chi connectivity index (χ2n) is 8.29. The fraction of sp³-hybridized carbons (Fsp3) is 0.619. The molecule has 6 nitrogen and oxygen atoms in total. The lowest BCUT2D eigenvalue weighted by Crippen LogP contribution is -2.53. The molecule has 2 rings (SSSR count). The molecule has 0 N–H and O–H groups in total. The van der Waals surface area contributed by atoms with Gasteiger partial charge >= 0.3 is 12.1 Å². The predicted octanol–water partition coefficient (Wildman–Crippen LogP) is 3.31. The van der Waals surface area contributed by atoms with Crippen LogP contribution in [0.5, 0.6) is 0 Å². The lowest BCUT2D eigenvalue weighted by Gasteiger charge is -2.39. The summed E-state index contributed by atoms with van der Waals surface area (Å²) in [6, 6.07) is 9.72. The Morgan fingerprint density at radius 3 is 2.48 bits per heavy atom. The van der Waals surface area contributed by atoms with Crippen LogP contribution in [-0.2, 0) is 20.8 Å². The van der Waals surface area contributed by atoms with Crippen LogP contribution in [0.2, 0.25) is 0 Å². The molecule has 27 heavy (non-hydrogen) atoms. The molecule has 0 spiro atoms. The lowest BCUT2D eigenvalue weighted by molar-refractivity contribution is -0.149. The molecule has 0 saturated carbocycles. The van der Waals surface area contributed by atoms with Crippen LogP contribution in [0.4, 0.5) is 4.79 Å². The molecule has 1 amide bonds. The minimum atomic E-state index is -0.593. The van der Waals surface area contributed by atoms with Gasteiger partial charge in [0.15, 0.2) is 0 Å². The Labute approximate surface area is 162 Å². The highest BCUT2D eigenvalue weighted by atomic mass is 16.6. The number of likely N-dealkylation sites (tertiary alicyclic amines) is 1. The highest BCUT2D eigenvalue weighted by Gasteiger charge is 2.39. The van der Waals surface area contributed by atoms with Crippen molar-refractivity contribution in [2.45, 2.75) is 51.8 Å². The van der Waals surface area contributed by atoms with Crippen LogP contribution in [0.3, 0.4) is 0 Å². The quantitative estimate of drug-likeness (QED) is 0.738. The van der Waals surface area contributed by atoms with Crippen molar-refractivity contribution in [3.8, 4) is 0 Å². The number of carbonyl (C=O) groups is 2. The third-order valence-electron chi connectivity index (χ3n) is 4.68. The number of esters is 1. The van der Waals surface area contributed by atoms with Gasteiger partial charge in [0.25, 0.3) is 0 Å². The smallest absolute Gasteiger partial charge is 0.411 e. The summed E-state index contributed by atoms with van der Waals surface area (Å²) in [5.41, 5.74) is 0.667. The fourth-order valence-corrected chi connectivity index (χ4v) is 3.50. The lowest BCUT2D eigenvalue weighted by atomic mass is 9.90. The molecular weight excluding hydrogens is 344 g/mol. The fourth-order valence-electron chi connectivity index (χ4n) is 3.50. The van der Waals surface area contributed by atoms with E-state index >= 15 is 0 Å². The Morgan fingerprint density at radius 1 is 1.22 bits per heavy atom. The van der Waals surface area contributed by atoms with Crippen LogP contribution in [0.1, 0.15) is 39.2 Å². The number of rotatable bonds is 5. The molecule has 1 fully saturated rings. The minimum absolute atomic E-state index is 0.321. The van der Waals surface area contributed by atoms with Gasteiger partial charge < -0.3 is 14.4 Å². The molecule has 1 heterocycles. The molecule has 0 aliphatic carbocycles. The molecule has 0 bridgehead atoms. The summed E-state index contributed by atoms with van der Waals surface area (Å²) < 4.78 is 10.4. The van der Waals surface area contributed by atoms with Gasteiger partial charge in [0.1, 0.15) is 11.6 Å². The Balaban J connectivity index is 1.98. The second-order valence-corrected chi connectivity index (χ2v) is 8.29. The van der Waals surface area contributed by atoms with Crippen LogP contribution in [0, 0.1) is 5.92 Å². The minimum Gasteiger partial charge on any atom is -0.467 e. The van der Waals surface area contributed by atoms with Crippen LogP contribution < -0.4 is 0 Å². The van der Waals surface area contributed by atoms with Crippen molar-refractivity contribution in [2.75, 3.05) is 27.2 Å². The molecule has 0 radical (unpaired) electrons. The zero-order valence-corrected chi connectivity index (χ0v) is 17.1. The first kappa shape index (κ1) is 21.2. The highest BCUT2D eigenvalue weighted by Crippen LogP contribution is 2.26. The van der Waals surface area contributed by atoms with E-state index in [9.17, 15) is 9.59 Å². The van der Waals surface area contributed by atoms with Crippen molar-refractivity contribution in [1.82, 2.24) is 9.80 Å². The summed E-state index contributed by atoms with van der Waals surface area (Å²) in [4.78, 5) is 28.6. The van der Waals surface area contributed by atoms with E-state index < -0.39 is 17.7 Å². The Bertz CT molecular complexity index is 627. The largest absolute Gasteiger partial charge is 0.467 e. The van der Waals surface area contributed by atoms with Crippen molar-refractivity contribution < 1.29 is 19.1 Å². The van der Waals surface area contributed by atoms with Gasteiger partial charge in [0, 0.05) is 19.6 Å². The third-order valence-corrected chi connectivity index (χ3v) is 4.68. The van der Waals surface area contributed by atoms with E-state index in [1.165, 1.54) is 17.6 Å². The summed E-state index contributed by atoms with van der Waals surface area (Å²) in [7, 11) is 3.45. The summed E-state index contributed by atoms with van der Waals surface area (Å²) in [6.07, 6.45) is 0.977. The van der Waals surface area contributed by atoms with Gasteiger partial charge in [0.2, 0.25) is 0 Å². The van der Waals surface area contributed by atoms with Crippen molar-refractivity contribution in [2.24, 2.45) is 5.92 Å². The maximum atomic E-state index is 12.5. The molecule has 0 aromatic heterocycles. The molecular formula is C21H32N2O4. The van der Waals surface area contributed by atoms with Gasteiger partial charge in [-0.15, -0.1) is 0 Å². The van der Waals surface area contributed by atoms with E-state index in [1.54, 1.807) is 0 Å². The maximum absolute atomic E-state index is 12.5. The van der Waals surface area contributed by atoms with E-state index in [-0.39, 0.29) is 5.97 Å². The van der Waals surface area contributed by atoms with Crippen molar-refractivity contribution in [3.63, 3.8) is 0 Å². The Kier molecular flexibility index (Phi) is 7.25. The van der Waals surface area contributed by atoms with Gasteiger partial charge in [0.05, 0.1) is 7.11 Å². The zero-order chi connectivity index (χ0) is 20.0. The number of amides is 1. The molecule has 1 aromatic carbocycles. The number of nitrogens with zero attached hydrogens (tertiary/aromatic N) is 2. The number of ether oxygens (including phenoxy) is 2. The van der Waals surface area contributed by atoms with Gasteiger partial charge in [-0.25, -0.2) is 9.59 Å². The van der Waals surface area contributed by atoms with E-state index in [0.29, 0.717) is 18.9 Å². The molecule has 1 unspecified atom stereocenters. The monoisotopic (exact) mass is 376 g/mol. The van der Waals surface area contributed by atoms with Crippen LogP contribution in [-0.4, -0.2) is 60.8 Å². The van der Waals surface area contributed by atoms with Crippen molar-refractivity contribution in [1.29, 1.82) is 0 Å². The van der Waals surface area contributed by atoms with E-state index in [1.807, 2.05) is 39.0 Å². The molecule has 150 valence electrons. The number of hydrogen-bond acceptors (Lipinski definition) is 5. The summed E-state index contributed by atoms with van der Waals surface area (Å²) >= 11 is 0. The molecule has 1 saturated heterocycles. The first-order valence-corrected chi connectivity index (χ1v) is 9.49. The number of piperidine rings is 1. The molecule has 1 aromatic rings. The molecule has 6 heteroatoms. The van der Waals surface area contributed by atoms with Gasteiger partial charge in [-0.3, -0.25) is 4.90 Å². The summed E-state index contributed by atoms with van der Waals surface area (Å²) in [5, 5.41) is 0. The first-order valence-electron chi connectivity index (χ1n) is 9.49. The third kappa shape index (κ3) is 6.54. The number of methoxy groups -OCH3 is 1.